The maximum absolute atomic E-state index is 11.7. The van der Waals surface area contributed by atoms with Gasteiger partial charge in [0.25, 0.3) is 0 Å². The van der Waals surface area contributed by atoms with Crippen LogP contribution in [0.15, 0.2) is 12.7 Å². The van der Waals surface area contributed by atoms with Gasteiger partial charge in [-0.25, -0.2) is 4.79 Å². The lowest BCUT2D eigenvalue weighted by Gasteiger charge is -2.15. The number of ether oxygens (including phenoxy) is 4. The molecule has 0 radical (unpaired) electrons. The van der Waals surface area contributed by atoms with E-state index in [4.69, 9.17) is 18.9 Å². The van der Waals surface area contributed by atoms with Crippen molar-refractivity contribution >= 4 is 20.0 Å². The highest BCUT2D eigenvalue weighted by molar-refractivity contribution is 6.76. The van der Waals surface area contributed by atoms with Gasteiger partial charge in [-0.3, -0.25) is 4.79 Å². The third-order valence-electron chi connectivity index (χ3n) is 3.41. The molecule has 0 aromatic heterocycles. The lowest BCUT2D eigenvalue weighted by Crippen LogP contribution is -2.22. The Kier molecular flexibility index (Phi) is 13.4. The summed E-state index contributed by atoms with van der Waals surface area (Å²) in [5, 5.41) is 0. The molecule has 0 rings (SSSR count). The van der Waals surface area contributed by atoms with Crippen LogP contribution in [0, 0.1) is 5.92 Å². The van der Waals surface area contributed by atoms with E-state index in [9.17, 15) is 9.59 Å². The first-order valence-corrected chi connectivity index (χ1v) is 12.6. The summed E-state index contributed by atoms with van der Waals surface area (Å²) in [7, 11) is -1.10. The molecule has 0 amide bonds. The SMILES string of the molecule is C=CC(=O)OCCCOCC[C@@H](C)CC(=O)OCOCC[Si](C)(C)C. The van der Waals surface area contributed by atoms with Gasteiger partial charge in [0.2, 0.25) is 0 Å². The second-order valence-corrected chi connectivity index (χ2v) is 12.9. The van der Waals surface area contributed by atoms with Crippen LogP contribution in [0.2, 0.25) is 25.7 Å². The summed E-state index contributed by atoms with van der Waals surface area (Å²) < 4.78 is 20.7. The van der Waals surface area contributed by atoms with E-state index in [2.05, 4.69) is 26.2 Å². The van der Waals surface area contributed by atoms with Gasteiger partial charge >= 0.3 is 11.9 Å². The van der Waals surface area contributed by atoms with E-state index in [1.54, 1.807) is 0 Å². The molecular weight excluding hydrogens is 340 g/mol. The molecule has 0 bridgehead atoms. The molecule has 0 aliphatic rings. The summed E-state index contributed by atoms with van der Waals surface area (Å²) in [6.07, 6.45) is 2.92. The summed E-state index contributed by atoms with van der Waals surface area (Å²) in [6, 6.07) is 1.06. The Morgan fingerprint density at radius 1 is 1.04 bits per heavy atom. The molecule has 0 aromatic carbocycles. The zero-order chi connectivity index (χ0) is 19.1. The first-order chi connectivity index (χ1) is 11.7. The normalized spacial score (nSPS) is 12.5. The van der Waals surface area contributed by atoms with Crippen molar-refractivity contribution in [3.63, 3.8) is 0 Å². The van der Waals surface area contributed by atoms with Gasteiger partial charge in [0.15, 0.2) is 6.79 Å². The third kappa shape index (κ3) is 17.4. The summed E-state index contributed by atoms with van der Waals surface area (Å²) >= 11 is 0. The predicted molar refractivity (Wildman–Crippen MR) is 100 cm³/mol. The van der Waals surface area contributed by atoms with Crippen molar-refractivity contribution in [3.8, 4) is 0 Å². The number of hydrogen-bond acceptors (Lipinski definition) is 6. The number of carbonyl (C=O) groups is 2. The fraction of sp³-hybridized carbons (Fsp3) is 0.778. The molecular formula is C18H34O6Si. The Labute approximate surface area is 152 Å². The molecule has 0 aromatic rings. The number of rotatable bonds is 15. The van der Waals surface area contributed by atoms with Crippen molar-refractivity contribution in [3.05, 3.63) is 12.7 Å². The van der Waals surface area contributed by atoms with E-state index in [-0.39, 0.29) is 18.7 Å². The van der Waals surface area contributed by atoms with Gasteiger partial charge in [-0.1, -0.05) is 33.1 Å². The molecule has 7 heteroatoms. The smallest absolute Gasteiger partial charge is 0.330 e. The van der Waals surface area contributed by atoms with Crippen molar-refractivity contribution in [2.45, 2.75) is 51.9 Å². The second-order valence-electron chi connectivity index (χ2n) is 7.29. The topological polar surface area (TPSA) is 71.1 Å². The summed E-state index contributed by atoms with van der Waals surface area (Å²) in [5.41, 5.74) is 0. The van der Waals surface area contributed by atoms with Gasteiger partial charge in [0.05, 0.1) is 6.61 Å². The van der Waals surface area contributed by atoms with Crippen LogP contribution in [0.25, 0.3) is 0 Å². The Morgan fingerprint density at radius 3 is 2.40 bits per heavy atom. The molecule has 0 saturated carbocycles. The summed E-state index contributed by atoms with van der Waals surface area (Å²) in [4.78, 5) is 22.5. The lowest BCUT2D eigenvalue weighted by atomic mass is 10.1. The summed E-state index contributed by atoms with van der Waals surface area (Å²) in [6.45, 7) is 14.2. The molecule has 0 heterocycles. The number of esters is 2. The van der Waals surface area contributed by atoms with Gasteiger partial charge < -0.3 is 18.9 Å². The molecule has 0 unspecified atom stereocenters. The quantitative estimate of drug-likeness (QED) is 0.144. The minimum Gasteiger partial charge on any atom is -0.462 e. The van der Waals surface area contributed by atoms with E-state index in [1.807, 2.05) is 6.92 Å². The van der Waals surface area contributed by atoms with Gasteiger partial charge in [-0.15, -0.1) is 0 Å². The zero-order valence-corrected chi connectivity index (χ0v) is 17.2. The molecule has 0 spiro atoms. The maximum Gasteiger partial charge on any atom is 0.330 e. The molecule has 0 N–H and O–H groups in total. The van der Waals surface area contributed by atoms with E-state index >= 15 is 0 Å². The highest BCUT2D eigenvalue weighted by Gasteiger charge is 2.13. The highest BCUT2D eigenvalue weighted by atomic mass is 28.3. The van der Waals surface area contributed by atoms with Crippen molar-refractivity contribution < 1.29 is 28.5 Å². The summed E-state index contributed by atoms with van der Waals surface area (Å²) in [5.74, 6) is -0.471. The fourth-order valence-corrected chi connectivity index (χ4v) is 2.53. The Morgan fingerprint density at radius 2 is 1.76 bits per heavy atom. The molecule has 25 heavy (non-hydrogen) atoms. The number of hydrogen-bond donors (Lipinski definition) is 0. The van der Waals surface area contributed by atoms with Crippen LogP contribution >= 0.6 is 0 Å². The molecule has 0 saturated heterocycles. The van der Waals surface area contributed by atoms with Crippen LogP contribution in [0.4, 0.5) is 0 Å². The van der Waals surface area contributed by atoms with Crippen LogP contribution < -0.4 is 0 Å². The minimum absolute atomic E-state index is 0.0377. The largest absolute Gasteiger partial charge is 0.462 e. The lowest BCUT2D eigenvalue weighted by molar-refractivity contribution is -0.156. The highest BCUT2D eigenvalue weighted by Crippen LogP contribution is 2.10. The van der Waals surface area contributed by atoms with Gasteiger partial charge in [-0.05, 0) is 18.4 Å². The zero-order valence-electron chi connectivity index (χ0n) is 16.2. The Hall–Kier alpha value is -1.18. The Bertz CT molecular complexity index is 392. The van der Waals surface area contributed by atoms with E-state index in [0.717, 1.165) is 18.5 Å². The minimum atomic E-state index is -1.10. The first kappa shape index (κ1) is 23.8. The predicted octanol–water partition coefficient (Wildman–Crippen LogP) is 3.39. The van der Waals surface area contributed by atoms with Crippen molar-refractivity contribution in [1.29, 1.82) is 0 Å². The van der Waals surface area contributed by atoms with Gasteiger partial charge in [0, 0.05) is 46.8 Å². The van der Waals surface area contributed by atoms with E-state index in [1.165, 1.54) is 0 Å². The molecule has 0 aliphatic carbocycles. The average Bonchev–Trinajstić information content (AvgIpc) is 2.52. The maximum atomic E-state index is 11.7. The molecule has 1 atom stereocenters. The van der Waals surface area contributed by atoms with E-state index in [0.29, 0.717) is 39.3 Å². The van der Waals surface area contributed by atoms with E-state index < -0.39 is 14.0 Å². The van der Waals surface area contributed by atoms with Crippen LogP contribution in [0.1, 0.15) is 26.2 Å². The molecule has 0 aliphatic heterocycles. The van der Waals surface area contributed by atoms with Crippen LogP contribution in [0.3, 0.4) is 0 Å². The van der Waals surface area contributed by atoms with Gasteiger partial charge in [-0.2, -0.15) is 0 Å². The number of carbonyl (C=O) groups excluding carboxylic acids is 2. The standard InChI is InChI=1S/C18H34O6Si/c1-6-17(19)23-10-7-9-21-11-8-16(2)14-18(20)24-15-22-12-13-25(3,4)5/h6,16H,1,7-15H2,2-5H3/t16-/m1/s1. The monoisotopic (exact) mass is 374 g/mol. The molecule has 146 valence electrons. The van der Waals surface area contributed by atoms with Crippen molar-refractivity contribution in [2.24, 2.45) is 5.92 Å². The molecule has 6 nitrogen and oxygen atoms in total. The fourth-order valence-electron chi connectivity index (χ4n) is 1.77. The second kappa shape index (κ2) is 14.0. The van der Waals surface area contributed by atoms with Crippen molar-refractivity contribution in [1.82, 2.24) is 0 Å². The van der Waals surface area contributed by atoms with Crippen LogP contribution in [-0.2, 0) is 28.5 Å². The average molecular weight is 375 g/mol. The third-order valence-corrected chi connectivity index (χ3v) is 5.12. The van der Waals surface area contributed by atoms with Crippen LogP contribution in [0.5, 0.6) is 0 Å². The van der Waals surface area contributed by atoms with Gasteiger partial charge in [0.1, 0.15) is 0 Å². The van der Waals surface area contributed by atoms with Crippen molar-refractivity contribution in [2.75, 3.05) is 33.2 Å². The first-order valence-electron chi connectivity index (χ1n) is 8.85. The Balaban J connectivity index is 3.49. The van der Waals surface area contributed by atoms with Crippen LogP contribution in [-0.4, -0.2) is 53.2 Å². The molecule has 0 fully saturated rings.